The zero-order valence-corrected chi connectivity index (χ0v) is 10.1. The van der Waals surface area contributed by atoms with Crippen LogP contribution in [0, 0.1) is 0 Å². The van der Waals surface area contributed by atoms with E-state index in [0.717, 1.165) is 6.20 Å². The molecule has 2 aromatic rings. The Morgan fingerprint density at radius 1 is 1.24 bits per heavy atom. The van der Waals surface area contributed by atoms with Crippen LogP contribution in [-0.2, 0) is 0 Å². The lowest BCUT2D eigenvalue weighted by Gasteiger charge is -2.12. The lowest BCUT2D eigenvalue weighted by atomic mass is 9.87. The van der Waals surface area contributed by atoms with Crippen molar-refractivity contribution in [3.8, 4) is 0 Å². The smallest absolute Gasteiger partial charge is 0.340 e. The number of carboxylic acids is 1. The first-order valence-electron chi connectivity index (χ1n) is 5.65. The van der Waals surface area contributed by atoms with Gasteiger partial charge in [0.2, 0.25) is 5.78 Å². The molecule has 0 aromatic carbocycles. The minimum Gasteiger partial charge on any atom is -0.478 e. The van der Waals surface area contributed by atoms with Crippen molar-refractivity contribution in [3.05, 3.63) is 52.2 Å². The monoisotopic (exact) mass is 293 g/mol. The van der Waals surface area contributed by atoms with Gasteiger partial charge in [0.15, 0.2) is 17.3 Å². The molecule has 0 bridgehead atoms. The third-order valence-corrected chi connectivity index (χ3v) is 3.09. The van der Waals surface area contributed by atoms with E-state index in [0.29, 0.717) is 0 Å². The van der Waals surface area contributed by atoms with Crippen LogP contribution in [0.25, 0.3) is 0 Å². The molecule has 0 aliphatic heterocycles. The largest absolute Gasteiger partial charge is 0.478 e. The molecule has 2 heterocycles. The van der Waals surface area contributed by atoms with Gasteiger partial charge in [-0.2, -0.15) is 0 Å². The number of carbonyl (C=O) groups is 3. The molecule has 106 valence electrons. The number of ketones is 2. The molecule has 0 atom stereocenters. The van der Waals surface area contributed by atoms with Crippen LogP contribution < -0.4 is 0 Å². The van der Waals surface area contributed by atoms with E-state index in [9.17, 15) is 23.2 Å². The lowest BCUT2D eigenvalue weighted by molar-refractivity contribution is 0.0669. The first-order valence-corrected chi connectivity index (χ1v) is 5.65. The summed E-state index contributed by atoms with van der Waals surface area (Å²) < 4.78 is 30.4. The van der Waals surface area contributed by atoms with E-state index in [1.165, 1.54) is 12.3 Å². The van der Waals surface area contributed by atoms with Gasteiger partial charge < -0.3 is 9.52 Å². The highest BCUT2D eigenvalue weighted by atomic mass is 19.3. The third-order valence-electron chi connectivity index (χ3n) is 3.09. The summed E-state index contributed by atoms with van der Waals surface area (Å²) in [6, 6.07) is 1.24. The molecule has 0 saturated heterocycles. The second-order valence-corrected chi connectivity index (χ2v) is 4.23. The Hall–Kier alpha value is -2.90. The molecule has 8 heteroatoms. The fourth-order valence-corrected chi connectivity index (χ4v) is 2.22. The van der Waals surface area contributed by atoms with Gasteiger partial charge in [-0.3, -0.25) is 14.6 Å². The highest BCUT2D eigenvalue weighted by molar-refractivity contribution is 6.29. The Kier molecular flexibility index (Phi) is 2.68. The summed E-state index contributed by atoms with van der Waals surface area (Å²) >= 11 is 0. The summed E-state index contributed by atoms with van der Waals surface area (Å²) in [5.41, 5.74) is -1.83. The molecule has 0 radical (unpaired) electrons. The quantitative estimate of drug-likeness (QED) is 0.777. The summed E-state index contributed by atoms with van der Waals surface area (Å²) in [5.74, 6) is -5.33. The summed E-state index contributed by atoms with van der Waals surface area (Å²) in [6.07, 6.45) is -0.924. The SMILES string of the molecule is O=C1c2ccncc2C(=O)c2c1oc(C(F)F)c2C(=O)O. The minimum absolute atomic E-state index is 0.0611. The van der Waals surface area contributed by atoms with E-state index >= 15 is 0 Å². The predicted molar refractivity (Wildman–Crippen MR) is 61.7 cm³/mol. The van der Waals surface area contributed by atoms with Gasteiger partial charge >= 0.3 is 5.97 Å². The predicted octanol–water partition coefficient (Wildman–Crippen LogP) is 2.09. The standard InChI is InChI=1S/C13H5F2NO5/c14-12(15)11-7(13(19)20)6-8(17)5-3-16-2-1-4(5)9(18)10(6)21-11/h1-3,12H,(H,19,20). The molecular formula is C13H5F2NO5. The zero-order valence-electron chi connectivity index (χ0n) is 10.1. The Morgan fingerprint density at radius 3 is 2.57 bits per heavy atom. The number of rotatable bonds is 2. The van der Waals surface area contributed by atoms with Crippen LogP contribution in [0.15, 0.2) is 22.9 Å². The molecule has 0 saturated carbocycles. The van der Waals surface area contributed by atoms with Gasteiger partial charge in [-0.05, 0) is 6.07 Å². The minimum atomic E-state index is -3.26. The fourth-order valence-electron chi connectivity index (χ4n) is 2.22. The van der Waals surface area contributed by atoms with E-state index in [1.54, 1.807) is 0 Å². The maximum atomic E-state index is 12.9. The second kappa shape index (κ2) is 4.30. The van der Waals surface area contributed by atoms with Gasteiger partial charge in [0, 0.05) is 18.0 Å². The van der Waals surface area contributed by atoms with E-state index in [4.69, 9.17) is 5.11 Å². The number of hydrogen-bond acceptors (Lipinski definition) is 5. The topological polar surface area (TPSA) is 97.5 Å². The van der Waals surface area contributed by atoms with Crippen molar-refractivity contribution >= 4 is 17.5 Å². The average molecular weight is 293 g/mol. The van der Waals surface area contributed by atoms with Gasteiger partial charge in [-0.1, -0.05) is 0 Å². The Balaban J connectivity index is 2.36. The molecule has 3 rings (SSSR count). The van der Waals surface area contributed by atoms with Gasteiger partial charge in [0.05, 0.1) is 11.1 Å². The van der Waals surface area contributed by atoms with Gasteiger partial charge in [0.25, 0.3) is 6.43 Å². The van der Waals surface area contributed by atoms with E-state index in [2.05, 4.69) is 9.40 Å². The van der Waals surface area contributed by atoms with Crippen LogP contribution in [0.3, 0.4) is 0 Å². The molecule has 21 heavy (non-hydrogen) atoms. The van der Waals surface area contributed by atoms with Crippen LogP contribution >= 0.6 is 0 Å². The summed E-state index contributed by atoms with van der Waals surface area (Å²) in [4.78, 5) is 39.2. The van der Waals surface area contributed by atoms with Crippen molar-refractivity contribution in [2.75, 3.05) is 0 Å². The number of pyridine rings is 1. The van der Waals surface area contributed by atoms with E-state index < -0.39 is 46.6 Å². The number of furan rings is 1. The Morgan fingerprint density at radius 2 is 1.95 bits per heavy atom. The van der Waals surface area contributed by atoms with Crippen LogP contribution in [0.5, 0.6) is 0 Å². The van der Waals surface area contributed by atoms with Crippen LogP contribution in [0.1, 0.15) is 54.6 Å². The van der Waals surface area contributed by atoms with Crippen molar-refractivity contribution < 1.29 is 32.7 Å². The molecule has 6 nitrogen and oxygen atoms in total. The summed E-state index contributed by atoms with van der Waals surface area (Å²) in [5, 5.41) is 9.04. The number of carboxylic acid groups (broad SMARTS) is 1. The number of hydrogen-bond donors (Lipinski definition) is 1. The first-order chi connectivity index (χ1) is 9.93. The van der Waals surface area contributed by atoms with Gasteiger partial charge in [-0.25, -0.2) is 13.6 Å². The van der Waals surface area contributed by atoms with Crippen LogP contribution in [0.2, 0.25) is 0 Å². The maximum absolute atomic E-state index is 12.9. The number of fused-ring (bicyclic) bond motifs is 2. The number of nitrogens with zero attached hydrogens (tertiary/aromatic N) is 1. The third kappa shape index (κ3) is 1.69. The summed E-state index contributed by atoms with van der Waals surface area (Å²) in [6.45, 7) is 0. The van der Waals surface area contributed by atoms with Crippen molar-refractivity contribution in [3.63, 3.8) is 0 Å². The highest BCUT2D eigenvalue weighted by Crippen LogP contribution is 2.36. The zero-order chi connectivity index (χ0) is 15.3. The molecule has 1 aliphatic rings. The van der Waals surface area contributed by atoms with Crippen molar-refractivity contribution in [1.29, 1.82) is 0 Å². The average Bonchev–Trinajstić information content (AvgIpc) is 2.86. The van der Waals surface area contributed by atoms with Crippen molar-refractivity contribution in [1.82, 2.24) is 4.98 Å². The molecule has 0 spiro atoms. The number of alkyl halides is 2. The van der Waals surface area contributed by atoms with Crippen LogP contribution in [-0.4, -0.2) is 27.6 Å². The molecular weight excluding hydrogens is 288 g/mol. The molecule has 1 N–H and O–H groups in total. The van der Waals surface area contributed by atoms with Crippen molar-refractivity contribution in [2.24, 2.45) is 0 Å². The maximum Gasteiger partial charge on any atom is 0.340 e. The molecule has 0 fully saturated rings. The number of halogens is 2. The summed E-state index contributed by atoms with van der Waals surface area (Å²) in [7, 11) is 0. The normalized spacial score (nSPS) is 13.3. The first kappa shape index (κ1) is 13.1. The van der Waals surface area contributed by atoms with Gasteiger partial charge in [-0.15, -0.1) is 0 Å². The fraction of sp³-hybridized carbons (Fsp3) is 0.0769. The molecule has 1 aliphatic carbocycles. The van der Waals surface area contributed by atoms with Crippen LogP contribution in [0.4, 0.5) is 8.78 Å². The highest BCUT2D eigenvalue weighted by Gasteiger charge is 2.41. The Bertz CT molecular complexity index is 809. The molecule has 2 aromatic heterocycles. The van der Waals surface area contributed by atoms with Crippen molar-refractivity contribution in [2.45, 2.75) is 6.43 Å². The second-order valence-electron chi connectivity index (χ2n) is 4.23. The molecule has 0 unspecified atom stereocenters. The molecule has 0 amide bonds. The number of aromatic nitrogens is 1. The Labute approximate surface area is 115 Å². The number of aromatic carboxylic acids is 1. The van der Waals surface area contributed by atoms with E-state index in [1.807, 2.05) is 0 Å². The van der Waals surface area contributed by atoms with Gasteiger partial charge in [0.1, 0.15) is 5.56 Å². The van der Waals surface area contributed by atoms with E-state index in [-0.39, 0.29) is 11.1 Å². The lowest BCUT2D eigenvalue weighted by Crippen LogP contribution is -2.21. The number of carbonyl (C=O) groups excluding carboxylic acids is 2.